The maximum atomic E-state index is 12.8. The molecule has 0 saturated heterocycles. The Hall–Kier alpha value is -1.54. The molecule has 6 nitrogen and oxygen atoms in total. The van der Waals surface area contributed by atoms with Gasteiger partial charge in [-0.25, -0.2) is 0 Å². The average molecular weight is 338 g/mol. The molecule has 0 fully saturated rings. The first-order valence-corrected chi connectivity index (χ1v) is 8.96. The fraction of sp³-hybridized carbons (Fsp3) is 0.500. The summed E-state index contributed by atoms with van der Waals surface area (Å²) in [5.74, 6) is 2.52. The highest BCUT2D eigenvalue weighted by molar-refractivity contribution is 7.98. The number of fused-ring (bicyclic) bond motifs is 1. The van der Waals surface area contributed by atoms with Crippen LogP contribution in [-0.2, 0) is 25.8 Å². The zero-order valence-corrected chi connectivity index (χ0v) is 14.5. The fourth-order valence-corrected chi connectivity index (χ4v) is 4.25. The summed E-state index contributed by atoms with van der Waals surface area (Å²) in [7, 11) is 5.24. The van der Waals surface area contributed by atoms with Crippen LogP contribution in [0.5, 0.6) is 5.88 Å². The lowest BCUT2D eigenvalue weighted by molar-refractivity contribution is 0.0772. The standard InChI is InChI=1S/C14H18N4O2S2/c1-17(6-9-7-22-16-13(9)20-3)14(19)12-10-8-21-5-4-11(10)15-18(12)2/h7H,4-6,8H2,1-3H3. The van der Waals surface area contributed by atoms with E-state index < -0.39 is 0 Å². The molecule has 118 valence electrons. The van der Waals surface area contributed by atoms with Crippen LogP contribution in [0.1, 0.15) is 27.3 Å². The van der Waals surface area contributed by atoms with Crippen LogP contribution in [0.25, 0.3) is 0 Å². The zero-order chi connectivity index (χ0) is 15.7. The molecule has 1 amide bonds. The van der Waals surface area contributed by atoms with Gasteiger partial charge in [-0.3, -0.25) is 9.48 Å². The van der Waals surface area contributed by atoms with Crippen molar-refractivity contribution in [2.24, 2.45) is 7.05 Å². The summed E-state index contributed by atoms with van der Waals surface area (Å²) < 4.78 is 11.1. The van der Waals surface area contributed by atoms with E-state index in [9.17, 15) is 4.79 Å². The van der Waals surface area contributed by atoms with E-state index in [1.807, 2.05) is 24.2 Å². The number of thioether (sulfide) groups is 1. The van der Waals surface area contributed by atoms with Gasteiger partial charge in [-0.05, 0) is 17.3 Å². The smallest absolute Gasteiger partial charge is 0.272 e. The first-order valence-electron chi connectivity index (χ1n) is 6.97. The Morgan fingerprint density at radius 3 is 3.14 bits per heavy atom. The monoisotopic (exact) mass is 338 g/mol. The van der Waals surface area contributed by atoms with E-state index in [0.29, 0.717) is 18.1 Å². The van der Waals surface area contributed by atoms with E-state index in [1.165, 1.54) is 11.5 Å². The van der Waals surface area contributed by atoms with Gasteiger partial charge in [0.2, 0.25) is 5.88 Å². The summed E-state index contributed by atoms with van der Waals surface area (Å²) in [5, 5.41) is 6.42. The molecule has 0 bridgehead atoms. The summed E-state index contributed by atoms with van der Waals surface area (Å²) in [5.41, 5.74) is 3.78. The van der Waals surface area contributed by atoms with Crippen LogP contribution >= 0.6 is 23.3 Å². The molecule has 0 N–H and O–H groups in total. The molecule has 22 heavy (non-hydrogen) atoms. The van der Waals surface area contributed by atoms with Gasteiger partial charge in [-0.15, -0.1) is 0 Å². The van der Waals surface area contributed by atoms with E-state index in [0.717, 1.165) is 34.7 Å². The molecule has 1 aliphatic rings. The molecule has 0 radical (unpaired) electrons. The number of hydrogen-bond donors (Lipinski definition) is 0. The number of carbonyl (C=O) groups excluding carboxylic acids is 1. The molecule has 0 unspecified atom stereocenters. The predicted octanol–water partition coefficient (Wildman–Crippen LogP) is 1.95. The predicted molar refractivity (Wildman–Crippen MR) is 87.5 cm³/mol. The van der Waals surface area contributed by atoms with Crippen molar-refractivity contribution in [3.63, 3.8) is 0 Å². The van der Waals surface area contributed by atoms with E-state index in [1.54, 1.807) is 23.7 Å². The lowest BCUT2D eigenvalue weighted by Crippen LogP contribution is -2.29. The van der Waals surface area contributed by atoms with Gasteiger partial charge in [0.1, 0.15) is 5.69 Å². The number of rotatable bonds is 4. The van der Waals surface area contributed by atoms with Crippen LogP contribution in [-0.4, -0.2) is 44.9 Å². The van der Waals surface area contributed by atoms with E-state index in [-0.39, 0.29) is 5.91 Å². The molecule has 0 aliphatic carbocycles. The van der Waals surface area contributed by atoms with Crippen LogP contribution in [0, 0.1) is 0 Å². The highest BCUT2D eigenvalue weighted by Crippen LogP contribution is 2.28. The van der Waals surface area contributed by atoms with Gasteiger partial charge in [0, 0.05) is 42.8 Å². The van der Waals surface area contributed by atoms with Crippen molar-refractivity contribution in [2.45, 2.75) is 18.7 Å². The minimum Gasteiger partial charge on any atom is -0.480 e. The molecular formula is C14H18N4O2S2. The number of nitrogens with zero attached hydrogens (tertiary/aromatic N) is 4. The molecule has 3 rings (SSSR count). The molecule has 0 atom stereocenters. The molecule has 8 heteroatoms. The second-order valence-corrected chi connectivity index (χ2v) is 6.94. The van der Waals surface area contributed by atoms with Crippen molar-refractivity contribution in [3.8, 4) is 5.88 Å². The van der Waals surface area contributed by atoms with Crippen LogP contribution in [0.3, 0.4) is 0 Å². The van der Waals surface area contributed by atoms with E-state index in [4.69, 9.17) is 4.74 Å². The van der Waals surface area contributed by atoms with Crippen molar-refractivity contribution >= 4 is 29.2 Å². The third kappa shape index (κ3) is 2.72. The molecule has 2 aromatic rings. The Morgan fingerprint density at radius 2 is 2.36 bits per heavy atom. The first kappa shape index (κ1) is 15.4. The maximum absolute atomic E-state index is 12.8. The maximum Gasteiger partial charge on any atom is 0.272 e. The number of amides is 1. The quantitative estimate of drug-likeness (QED) is 0.853. The van der Waals surface area contributed by atoms with Crippen LogP contribution < -0.4 is 4.74 Å². The summed E-state index contributed by atoms with van der Waals surface area (Å²) in [4.78, 5) is 14.5. The summed E-state index contributed by atoms with van der Waals surface area (Å²) in [6.07, 6.45) is 0.938. The lowest BCUT2D eigenvalue weighted by Gasteiger charge is -2.18. The number of aryl methyl sites for hydroxylation is 2. The van der Waals surface area contributed by atoms with Crippen LogP contribution in [0.4, 0.5) is 0 Å². The fourth-order valence-electron chi connectivity index (χ4n) is 2.61. The minimum absolute atomic E-state index is 0.00740. The lowest BCUT2D eigenvalue weighted by atomic mass is 10.1. The van der Waals surface area contributed by atoms with Gasteiger partial charge in [0.25, 0.3) is 5.91 Å². The number of methoxy groups -OCH3 is 1. The summed E-state index contributed by atoms with van der Waals surface area (Å²) in [6, 6.07) is 0. The normalized spacial score (nSPS) is 13.8. The number of ether oxygens (including phenoxy) is 1. The van der Waals surface area contributed by atoms with Gasteiger partial charge in [0.05, 0.1) is 19.3 Å². The van der Waals surface area contributed by atoms with Crippen LogP contribution in [0.15, 0.2) is 5.38 Å². The second kappa shape index (κ2) is 6.29. The topological polar surface area (TPSA) is 60.2 Å². The van der Waals surface area contributed by atoms with Gasteiger partial charge >= 0.3 is 0 Å². The van der Waals surface area contributed by atoms with Crippen LogP contribution in [0.2, 0.25) is 0 Å². The van der Waals surface area contributed by atoms with E-state index in [2.05, 4.69) is 9.47 Å². The van der Waals surface area contributed by atoms with Gasteiger partial charge < -0.3 is 9.64 Å². The Morgan fingerprint density at radius 1 is 1.55 bits per heavy atom. The summed E-state index contributed by atoms with van der Waals surface area (Å²) >= 11 is 3.19. The van der Waals surface area contributed by atoms with E-state index >= 15 is 0 Å². The van der Waals surface area contributed by atoms with Crippen molar-refractivity contribution < 1.29 is 9.53 Å². The summed E-state index contributed by atoms with van der Waals surface area (Å²) in [6.45, 7) is 0.478. The molecule has 0 spiro atoms. The molecule has 0 saturated carbocycles. The Bertz CT molecular complexity index is 695. The molecule has 3 heterocycles. The second-order valence-electron chi connectivity index (χ2n) is 5.21. The molecule has 0 aromatic carbocycles. The van der Waals surface area contributed by atoms with Gasteiger partial charge in [-0.2, -0.15) is 21.2 Å². The average Bonchev–Trinajstić information content (AvgIpc) is 3.09. The highest BCUT2D eigenvalue weighted by atomic mass is 32.2. The molecule has 1 aliphatic heterocycles. The third-order valence-corrected chi connectivity index (χ3v) is 5.36. The zero-order valence-electron chi connectivity index (χ0n) is 12.8. The molecular weight excluding hydrogens is 320 g/mol. The first-order chi connectivity index (χ1) is 10.6. The molecule has 2 aromatic heterocycles. The SMILES string of the molecule is COc1nscc1CN(C)C(=O)c1c2c(nn1C)CCSC2. The minimum atomic E-state index is -0.00740. The van der Waals surface area contributed by atoms with Crippen molar-refractivity contribution in [3.05, 3.63) is 27.9 Å². The van der Waals surface area contributed by atoms with Crippen molar-refractivity contribution in [1.29, 1.82) is 0 Å². The van der Waals surface area contributed by atoms with Crippen molar-refractivity contribution in [2.75, 3.05) is 19.9 Å². The number of carbonyl (C=O) groups is 1. The number of hydrogen-bond acceptors (Lipinski definition) is 6. The number of aromatic nitrogens is 3. The Balaban J connectivity index is 1.83. The Kier molecular flexibility index (Phi) is 4.39. The van der Waals surface area contributed by atoms with Gasteiger partial charge in [0.15, 0.2) is 0 Å². The van der Waals surface area contributed by atoms with Crippen molar-refractivity contribution in [1.82, 2.24) is 19.1 Å². The Labute approximate surface area is 137 Å². The van der Waals surface area contributed by atoms with Gasteiger partial charge in [-0.1, -0.05) is 0 Å². The largest absolute Gasteiger partial charge is 0.480 e. The highest BCUT2D eigenvalue weighted by Gasteiger charge is 2.26. The third-order valence-electron chi connectivity index (χ3n) is 3.71.